The van der Waals surface area contributed by atoms with E-state index in [1.165, 1.54) is 11.1 Å². The molecule has 1 aliphatic heterocycles. The van der Waals surface area contributed by atoms with Crippen LogP contribution in [0.4, 0.5) is 0 Å². The molecule has 2 heteroatoms. The Morgan fingerprint density at radius 2 is 1.93 bits per heavy atom. The highest BCUT2D eigenvalue weighted by molar-refractivity contribution is 5.24. The van der Waals surface area contributed by atoms with Crippen molar-refractivity contribution in [3.05, 3.63) is 35.4 Å². The molecule has 0 amide bonds. The molecule has 82 valence electrons. The fourth-order valence-corrected chi connectivity index (χ4v) is 2.01. The molecule has 1 aromatic rings. The van der Waals surface area contributed by atoms with E-state index >= 15 is 0 Å². The van der Waals surface area contributed by atoms with Gasteiger partial charge in [-0.05, 0) is 17.5 Å². The maximum Gasteiger partial charge on any atom is 0.0942 e. The standard InChI is InChI=1S/C13H18O2/c1-2-11-3-5-12(6-4-11)9-13(14)7-8-15-10-13/h3-6,14H,2,7-10H2,1H3. The predicted octanol–water partition coefficient (Wildman–Crippen LogP) is 1.94. The summed E-state index contributed by atoms with van der Waals surface area (Å²) in [6.45, 7) is 3.30. The highest BCUT2D eigenvalue weighted by atomic mass is 16.5. The summed E-state index contributed by atoms with van der Waals surface area (Å²) in [7, 11) is 0. The van der Waals surface area contributed by atoms with E-state index in [4.69, 9.17) is 4.74 Å². The van der Waals surface area contributed by atoms with Gasteiger partial charge in [0.2, 0.25) is 0 Å². The van der Waals surface area contributed by atoms with Gasteiger partial charge < -0.3 is 9.84 Å². The van der Waals surface area contributed by atoms with Crippen molar-refractivity contribution >= 4 is 0 Å². The SMILES string of the molecule is CCc1ccc(CC2(O)CCOC2)cc1. The van der Waals surface area contributed by atoms with Gasteiger partial charge >= 0.3 is 0 Å². The molecule has 0 radical (unpaired) electrons. The van der Waals surface area contributed by atoms with Crippen LogP contribution in [0.5, 0.6) is 0 Å². The average molecular weight is 206 g/mol. The quantitative estimate of drug-likeness (QED) is 0.819. The van der Waals surface area contributed by atoms with Gasteiger partial charge in [0.25, 0.3) is 0 Å². The van der Waals surface area contributed by atoms with Crippen molar-refractivity contribution in [3.8, 4) is 0 Å². The van der Waals surface area contributed by atoms with Crippen LogP contribution in [0.15, 0.2) is 24.3 Å². The molecule has 1 heterocycles. The number of hydrogen-bond donors (Lipinski definition) is 1. The van der Waals surface area contributed by atoms with Crippen molar-refractivity contribution < 1.29 is 9.84 Å². The molecule has 1 saturated heterocycles. The van der Waals surface area contributed by atoms with Crippen molar-refractivity contribution in [2.24, 2.45) is 0 Å². The van der Waals surface area contributed by atoms with Gasteiger partial charge in [-0.3, -0.25) is 0 Å². The molecule has 1 unspecified atom stereocenters. The van der Waals surface area contributed by atoms with Crippen LogP contribution in [-0.2, 0) is 17.6 Å². The summed E-state index contributed by atoms with van der Waals surface area (Å²) in [5.41, 5.74) is 1.90. The minimum atomic E-state index is -0.631. The number of aryl methyl sites for hydroxylation is 1. The van der Waals surface area contributed by atoms with Crippen LogP contribution in [0.1, 0.15) is 24.5 Å². The molecule has 0 spiro atoms. The average Bonchev–Trinajstić information content (AvgIpc) is 2.66. The van der Waals surface area contributed by atoms with Gasteiger partial charge in [0, 0.05) is 19.4 Å². The van der Waals surface area contributed by atoms with E-state index < -0.39 is 5.60 Å². The predicted molar refractivity (Wildman–Crippen MR) is 59.9 cm³/mol. The third kappa shape index (κ3) is 2.58. The maximum atomic E-state index is 10.1. The van der Waals surface area contributed by atoms with Crippen molar-refractivity contribution in [1.82, 2.24) is 0 Å². The largest absolute Gasteiger partial charge is 0.387 e. The molecular weight excluding hydrogens is 188 g/mol. The molecule has 1 fully saturated rings. The van der Waals surface area contributed by atoms with E-state index in [-0.39, 0.29) is 0 Å². The Labute approximate surface area is 90.9 Å². The zero-order valence-corrected chi connectivity index (χ0v) is 9.20. The second-order valence-corrected chi connectivity index (χ2v) is 4.37. The smallest absolute Gasteiger partial charge is 0.0942 e. The van der Waals surface area contributed by atoms with Crippen LogP contribution in [0, 0.1) is 0 Å². The van der Waals surface area contributed by atoms with Gasteiger partial charge in [-0.25, -0.2) is 0 Å². The lowest BCUT2D eigenvalue weighted by atomic mass is 9.93. The number of rotatable bonds is 3. The Morgan fingerprint density at radius 3 is 2.47 bits per heavy atom. The fraction of sp³-hybridized carbons (Fsp3) is 0.538. The molecule has 0 aromatic heterocycles. The molecule has 1 aromatic carbocycles. The summed E-state index contributed by atoms with van der Waals surface area (Å²) in [6, 6.07) is 8.48. The third-order valence-electron chi connectivity index (χ3n) is 3.05. The van der Waals surface area contributed by atoms with E-state index in [1.807, 2.05) is 0 Å². The minimum Gasteiger partial charge on any atom is -0.387 e. The maximum absolute atomic E-state index is 10.1. The van der Waals surface area contributed by atoms with Crippen LogP contribution < -0.4 is 0 Å². The Bertz CT molecular complexity index is 310. The molecule has 0 saturated carbocycles. The van der Waals surface area contributed by atoms with E-state index in [2.05, 4.69) is 31.2 Å². The first-order valence-corrected chi connectivity index (χ1v) is 5.60. The summed E-state index contributed by atoms with van der Waals surface area (Å²) in [5.74, 6) is 0. The van der Waals surface area contributed by atoms with Crippen molar-refractivity contribution in [2.75, 3.05) is 13.2 Å². The van der Waals surface area contributed by atoms with Crippen LogP contribution in [0.2, 0.25) is 0 Å². The van der Waals surface area contributed by atoms with Crippen molar-refractivity contribution in [2.45, 2.75) is 31.8 Å². The summed E-state index contributed by atoms with van der Waals surface area (Å²) in [5, 5.41) is 10.1. The number of ether oxygens (including phenoxy) is 1. The molecule has 1 atom stereocenters. The van der Waals surface area contributed by atoms with Crippen LogP contribution in [0.25, 0.3) is 0 Å². The Balaban J connectivity index is 2.04. The molecule has 2 nitrogen and oxygen atoms in total. The molecule has 2 rings (SSSR count). The lowest BCUT2D eigenvalue weighted by Gasteiger charge is -2.20. The van der Waals surface area contributed by atoms with E-state index in [9.17, 15) is 5.11 Å². The van der Waals surface area contributed by atoms with Gasteiger partial charge in [-0.1, -0.05) is 31.2 Å². The normalized spacial score (nSPS) is 25.7. The topological polar surface area (TPSA) is 29.5 Å². The lowest BCUT2D eigenvalue weighted by molar-refractivity contribution is 0.0270. The van der Waals surface area contributed by atoms with Crippen LogP contribution >= 0.6 is 0 Å². The van der Waals surface area contributed by atoms with E-state index in [1.54, 1.807) is 0 Å². The molecule has 1 aliphatic rings. The van der Waals surface area contributed by atoms with E-state index in [0.29, 0.717) is 19.6 Å². The third-order valence-corrected chi connectivity index (χ3v) is 3.05. The van der Waals surface area contributed by atoms with Gasteiger partial charge in [-0.2, -0.15) is 0 Å². The Hall–Kier alpha value is -0.860. The highest BCUT2D eigenvalue weighted by Crippen LogP contribution is 2.23. The second kappa shape index (κ2) is 4.33. The van der Waals surface area contributed by atoms with Crippen LogP contribution in [0.3, 0.4) is 0 Å². The minimum absolute atomic E-state index is 0.475. The molecule has 0 bridgehead atoms. The van der Waals surface area contributed by atoms with Crippen molar-refractivity contribution in [3.63, 3.8) is 0 Å². The second-order valence-electron chi connectivity index (χ2n) is 4.37. The zero-order valence-electron chi connectivity index (χ0n) is 9.20. The zero-order chi connectivity index (χ0) is 10.7. The summed E-state index contributed by atoms with van der Waals surface area (Å²) >= 11 is 0. The van der Waals surface area contributed by atoms with Crippen molar-refractivity contribution in [1.29, 1.82) is 0 Å². The first-order valence-electron chi connectivity index (χ1n) is 5.60. The fourth-order valence-electron chi connectivity index (χ4n) is 2.01. The van der Waals surface area contributed by atoms with Gasteiger partial charge in [0.1, 0.15) is 0 Å². The molecule has 15 heavy (non-hydrogen) atoms. The Morgan fingerprint density at radius 1 is 1.27 bits per heavy atom. The number of benzene rings is 1. The monoisotopic (exact) mass is 206 g/mol. The van der Waals surface area contributed by atoms with Gasteiger partial charge in [0.15, 0.2) is 0 Å². The highest BCUT2D eigenvalue weighted by Gasteiger charge is 2.32. The number of aliphatic hydroxyl groups is 1. The summed E-state index contributed by atoms with van der Waals surface area (Å²) < 4.78 is 5.23. The molecule has 0 aliphatic carbocycles. The van der Waals surface area contributed by atoms with Gasteiger partial charge in [0.05, 0.1) is 12.2 Å². The summed E-state index contributed by atoms with van der Waals surface area (Å²) in [4.78, 5) is 0. The Kier molecular flexibility index (Phi) is 3.08. The molecule has 1 N–H and O–H groups in total. The summed E-state index contributed by atoms with van der Waals surface area (Å²) in [6.07, 6.45) is 2.52. The van der Waals surface area contributed by atoms with E-state index in [0.717, 1.165) is 12.8 Å². The first kappa shape index (κ1) is 10.7. The first-order chi connectivity index (χ1) is 7.22. The lowest BCUT2D eigenvalue weighted by Crippen LogP contribution is -2.31. The number of hydrogen-bond acceptors (Lipinski definition) is 2. The molecular formula is C13H18O2. The van der Waals surface area contributed by atoms with Gasteiger partial charge in [-0.15, -0.1) is 0 Å². The van der Waals surface area contributed by atoms with Crippen LogP contribution in [-0.4, -0.2) is 23.9 Å².